The van der Waals surface area contributed by atoms with E-state index in [0.29, 0.717) is 12.2 Å². The Morgan fingerprint density at radius 2 is 1.65 bits per heavy atom. The number of rotatable bonds is 6. The molecule has 2 rings (SSSR count). The fourth-order valence-corrected chi connectivity index (χ4v) is 3.47. The average Bonchev–Trinajstić information content (AvgIpc) is 2.64. The molecule has 31 heavy (non-hydrogen) atoms. The van der Waals surface area contributed by atoms with E-state index in [-0.39, 0.29) is 10.8 Å². The topological polar surface area (TPSA) is 46.5 Å². The first kappa shape index (κ1) is 24.5. The monoisotopic (exact) mass is 420 g/mol. The fourth-order valence-electron chi connectivity index (χ4n) is 3.47. The molecule has 2 aromatic rings. The normalized spacial score (nSPS) is 13.0. The highest BCUT2D eigenvalue weighted by molar-refractivity contribution is 5.83. The van der Waals surface area contributed by atoms with Gasteiger partial charge in [0.25, 0.3) is 0 Å². The molecule has 0 bridgehead atoms. The number of benzene rings is 2. The van der Waals surface area contributed by atoms with Gasteiger partial charge in [0, 0.05) is 17.2 Å². The Hall–Kier alpha value is -2.81. The molecule has 0 aliphatic rings. The van der Waals surface area contributed by atoms with Crippen LogP contribution in [0.3, 0.4) is 0 Å². The molecule has 2 aromatic carbocycles. The number of aliphatic carboxylic acids is 1. The molecule has 0 saturated carbocycles. The molecule has 1 N–H and O–H groups in total. The third kappa shape index (κ3) is 6.33. The van der Waals surface area contributed by atoms with E-state index < -0.39 is 5.97 Å². The van der Waals surface area contributed by atoms with Crippen molar-refractivity contribution in [2.45, 2.75) is 66.2 Å². The summed E-state index contributed by atoms with van der Waals surface area (Å²) in [6.07, 6.45) is 5.02. The summed E-state index contributed by atoms with van der Waals surface area (Å²) in [5.74, 6) is -0.0246. The van der Waals surface area contributed by atoms with Gasteiger partial charge in [-0.05, 0) is 53.0 Å². The summed E-state index contributed by atoms with van der Waals surface area (Å²) in [6.45, 7) is 17.7. The summed E-state index contributed by atoms with van der Waals surface area (Å²) in [7, 11) is 0. The SMILES string of the molecule is CCOc1c(-c2ccccc2C=CC(C)=CC(=O)O)cc(C(C)(C)C)cc1C(C)(C)C. The van der Waals surface area contributed by atoms with Crippen LogP contribution in [0, 0.1) is 0 Å². The first-order valence-electron chi connectivity index (χ1n) is 10.8. The first-order valence-corrected chi connectivity index (χ1v) is 10.8. The summed E-state index contributed by atoms with van der Waals surface area (Å²) in [4.78, 5) is 11.0. The third-order valence-electron chi connectivity index (χ3n) is 5.18. The van der Waals surface area contributed by atoms with Crippen LogP contribution in [0.1, 0.15) is 72.1 Å². The number of ether oxygens (including phenoxy) is 1. The van der Waals surface area contributed by atoms with Crippen molar-refractivity contribution in [1.82, 2.24) is 0 Å². The number of carboxylic acid groups (broad SMARTS) is 1. The van der Waals surface area contributed by atoms with Crippen molar-refractivity contribution in [3.05, 3.63) is 70.8 Å². The predicted octanol–water partition coefficient (Wildman–Crippen LogP) is 7.39. The smallest absolute Gasteiger partial charge is 0.328 e. The maximum atomic E-state index is 11.0. The molecule has 0 radical (unpaired) electrons. The summed E-state index contributed by atoms with van der Waals surface area (Å²) in [5.41, 5.74) is 6.21. The zero-order valence-electron chi connectivity index (χ0n) is 20.2. The molecular weight excluding hydrogens is 384 g/mol. The number of allylic oxidation sites excluding steroid dienone is 2. The number of hydrogen-bond acceptors (Lipinski definition) is 2. The van der Waals surface area contributed by atoms with Gasteiger partial charge in [-0.15, -0.1) is 0 Å². The van der Waals surface area contributed by atoms with Gasteiger partial charge in [-0.3, -0.25) is 0 Å². The summed E-state index contributed by atoms with van der Waals surface area (Å²) >= 11 is 0. The number of carbonyl (C=O) groups is 1. The summed E-state index contributed by atoms with van der Waals surface area (Å²) in [6, 6.07) is 12.7. The van der Waals surface area contributed by atoms with Crippen LogP contribution in [-0.2, 0) is 15.6 Å². The standard InChI is InChI=1S/C28H36O3/c1-9-31-26-23(17-21(27(3,4)5)18-24(26)28(6,7)8)22-13-11-10-12-20(22)15-14-19(2)16-25(29)30/h10-18H,9H2,1-8H3,(H,29,30). The van der Waals surface area contributed by atoms with Crippen molar-refractivity contribution in [1.29, 1.82) is 0 Å². The van der Waals surface area contributed by atoms with E-state index in [1.165, 1.54) is 17.2 Å². The maximum absolute atomic E-state index is 11.0. The molecule has 0 heterocycles. The minimum atomic E-state index is -0.943. The Bertz CT molecular complexity index is 996. The van der Waals surface area contributed by atoms with Gasteiger partial charge in [-0.1, -0.05) is 84.0 Å². The zero-order valence-corrected chi connectivity index (χ0v) is 20.2. The molecule has 166 valence electrons. The van der Waals surface area contributed by atoms with E-state index in [1.807, 2.05) is 31.2 Å². The molecule has 0 aliphatic carbocycles. The second kappa shape index (κ2) is 9.55. The molecule has 0 saturated heterocycles. The number of hydrogen-bond donors (Lipinski definition) is 1. The predicted molar refractivity (Wildman–Crippen MR) is 131 cm³/mol. The molecule has 3 heteroatoms. The lowest BCUT2D eigenvalue weighted by molar-refractivity contribution is -0.131. The van der Waals surface area contributed by atoms with Crippen molar-refractivity contribution in [2.75, 3.05) is 6.61 Å². The van der Waals surface area contributed by atoms with Crippen LogP contribution in [0.4, 0.5) is 0 Å². The van der Waals surface area contributed by atoms with E-state index in [4.69, 9.17) is 9.84 Å². The Labute approximate surface area is 187 Å². The average molecular weight is 421 g/mol. The molecule has 0 unspecified atom stereocenters. The largest absolute Gasteiger partial charge is 0.493 e. The molecule has 0 spiro atoms. The van der Waals surface area contributed by atoms with Crippen molar-refractivity contribution in [3.8, 4) is 16.9 Å². The fraction of sp³-hybridized carbons (Fsp3) is 0.393. The second-order valence-electron chi connectivity index (χ2n) is 9.98. The van der Waals surface area contributed by atoms with Crippen molar-refractivity contribution < 1.29 is 14.6 Å². The van der Waals surface area contributed by atoms with E-state index in [2.05, 4.69) is 65.8 Å². The van der Waals surface area contributed by atoms with Crippen molar-refractivity contribution >= 4 is 12.0 Å². The van der Waals surface area contributed by atoms with Gasteiger partial charge in [0.1, 0.15) is 5.75 Å². The Balaban J connectivity index is 2.81. The highest BCUT2D eigenvalue weighted by Crippen LogP contribution is 2.44. The second-order valence-corrected chi connectivity index (χ2v) is 9.98. The van der Waals surface area contributed by atoms with Gasteiger partial charge in [0.2, 0.25) is 0 Å². The van der Waals surface area contributed by atoms with E-state index in [0.717, 1.165) is 22.4 Å². The lowest BCUT2D eigenvalue weighted by atomic mass is 9.77. The first-order chi connectivity index (χ1) is 14.3. The quantitative estimate of drug-likeness (QED) is 0.391. The van der Waals surface area contributed by atoms with Gasteiger partial charge in [0.15, 0.2) is 0 Å². The molecule has 0 atom stereocenters. The van der Waals surface area contributed by atoms with Crippen LogP contribution < -0.4 is 4.74 Å². The third-order valence-corrected chi connectivity index (χ3v) is 5.18. The minimum Gasteiger partial charge on any atom is -0.493 e. The van der Waals surface area contributed by atoms with E-state index in [9.17, 15) is 4.79 Å². The van der Waals surface area contributed by atoms with Gasteiger partial charge in [-0.25, -0.2) is 4.79 Å². The Morgan fingerprint density at radius 3 is 2.19 bits per heavy atom. The summed E-state index contributed by atoms with van der Waals surface area (Å²) < 4.78 is 6.24. The lowest BCUT2D eigenvalue weighted by Gasteiger charge is -2.29. The molecule has 3 nitrogen and oxygen atoms in total. The molecule has 0 amide bonds. The zero-order chi connectivity index (χ0) is 23.4. The van der Waals surface area contributed by atoms with Crippen LogP contribution in [0.5, 0.6) is 5.75 Å². The highest BCUT2D eigenvalue weighted by Gasteiger charge is 2.27. The Kier molecular flexibility index (Phi) is 7.54. The summed E-state index contributed by atoms with van der Waals surface area (Å²) in [5, 5.41) is 9.00. The van der Waals surface area contributed by atoms with Gasteiger partial charge < -0.3 is 9.84 Å². The minimum absolute atomic E-state index is 0.00884. The van der Waals surface area contributed by atoms with E-state index in [1.54, 1.807) is 6.92 Å². The van der Waals surface area contributed by atoms with Crippen LogP contribution in [0.25, 0.3) is 17.2 Å². The molecule has 0 fully saturated rings. The van der Waals surface area contributed by atoms with Gasteiger partial charge >= 0.3 is 5.97 Å². The van der Waals surface area contributed by atoms with Crippen LogP contribution in [-0.4, -0.2) is 17.7 Å². The molecule has 0 aromatic heterocycles. The lowest BCUT2D eigenvalue weighted by Crippen LogP contribution is -2.18. The van der Waals surface area contributed by atoms with Crippen LogP contribution in [0.2, 0.25) is 0 Å². The van der Waals surface area contributed by atoms with Crippen LogP contribution in [0.15, 0.2) is 54.1 Å². The van der Waals surface area contributed by atoms with Crippen LogP contribution >= 0.6 is 0 Å². The van der Waals surface area contributed by atoms with Gasteiger partial charge in [0.05, 0.1) is 6.61 Å². The van der Waals surface area contributed by atoms with Crippen molar-refractivity contribution in [2.24, 2.45) is 0 Å². The van der Waals surface area contributed by atoms with E-state index >= 15 is 0 Å². The molecule has 0 aliphatic heterocycles. The maximum Gasteiger partial charge on any atom is 0.328 e. The molecular formula is C28H36O3. The highest BCUT2D eigenvalue weighted by atomic mass is 16.5. The van der Waals surface area contributed by atoms with Gasteiger partial charge in [-0.2, -0.15) is 0 Å². The Morgan fingerprint density at radius 1 is 1.00 bits per heavy atom. The van der Waals surface area contributed by atoms with Crippen molar-refractivity contribution in [3.63, 3.8) is 0 Å². The number of carboxylic acids is 1.